The van der Waals surface area contributed by atoms with Crippen LogP contribution in [-0.4, -0.2) is 115 Å². The van der Waals surface area contributed by atoms with Crippen molar-refractivity contribution < 1.29 is 51.3 Å². The minimum atomic E-state index is -4.34. The van der Waals surface area contributed by atoms with Crippen molar-refractivity contribution in [3.05, 3.63) is 101 Å². The molecule has 1 fully saturated rings. The number of allylic oxidation sites excluding steroid dienone is 1. The molecule has 0 radical (unpaired) electrons. The Bertz CT molecular complexity index is 2360. The zero-order chi connectivity index (χ0) is 43.5. The zero-order valence-corrected chi connectivity index (χ0v) is 33.9. The molecule has 2 aliphatic heterocycles. The fraction of sp³-hybridized carbons (Fsp3) is 0.372. The Morgan fingerprint density at radius 2 is 1.48 bits per heavy atom. The van der Waals surface area contributed by atoms with E-state index in [2.05, 4.69) is 33.7 Å². The lowest BCUT2D eigenvalue weighted by Gasteiger charge is -2.29. The first kappa shape index (κ1) is 44.5. The Kier molecular flexibility index (Phi) is 14.9. The van der Waals surface area contributed by atoms with Gasteiger partial charge in [-0.25, -0.2) is 0 Å². The number of ether oxygens (including phenoxy) is 4. The number of imide groups is 1. The molecule has 4 heterocycles. The van der Waals surface area contributed by atoms with Gasteiger partial charge < -0.3 is 34.9 Å². The van der Waals surface area contributed by atoms with Gasteiger partial charge in [0, 0.05) is 54.2 Å². The molecule has 2 aliphatic rings. The van der Waals surface area contributed by atoms with E-state index < -0.39 is 29.6 Å². The van der Waals surface area contributed by atoms with Crippen LogP contribution >= 0.6 is 0 Å². The molecule has 3 aromatic carbocycles. The number of aryl methyl sites for hydroxylation is 2. The van der Waals surface area contributed by atoms with E-state index in [0.717, 1.165) is 44.5 Å². The number of anilines is 1. The second kappa shape index (κ2) is 20.5. The third kappa shape index (κ3) is 11.0. The summed E-state index contributed by atoms with van der Waals surface area (Å²) in [6, 6.07) is 15.3. The Hall–Kier alpha value is -6.08. The highest BCUT2D eigenvalue weighted by Crippen LogP contribution is 2.34. The van der Waals surface area contributed by atoms with Crippen molar-refractivity contribution in [3.8, 4) is 5.69 Å². The predicted molar refractivity (Wildman–Crippen MR) is 220 cm³/mol. The van der Waals surface area contributed by atoms with Gasteiger partial charge in [-0.15, -0.1) is 0 Å². The van der Waals surface area contributed by atoms with Gasteiger partial charge in [-0.3, -0.25) is 33.3 Å². The summed E-state index contributed by atoms with van der Waals surface area (Å²) in [6.07, 6.45) is -0.890. The molecule has 7 rings (SSSR count). The first-order valence-corrected chi connectivity index (χ1v) is 19.7. The maximum absolute atomic E-state index is 12.9. The maximum atomic E-state index is 12.9. The second-order valence-electron chi connectivity index (χ2n) is 14.3. The Morgan fingerprint density at radius 3 is 2.11 bits per heavy atom. The first-order chi connectivity index (χ1) is 29.4. The van der Waals surface area contributed by atoms with Crippen molar-refractivity contribution in [2.75, 3.05) is 71.3 Å². The van der Waals surface area contributed by atoms with Gasteiger partial charge in [0.25, 0.3) is 11.8 Å². The predicted octanol–water partition coefficient (Wildman–Crippen LogP) is 5.14. The van der Waals surface area contributed by atoms with E-state index >= 15 is 0 Å². The quantitative estimate of drug-likeness (QED) is 0.0575. The van der Waals surface area contributed by atoms with Crippen molar-refractivity contribution in [2.24, 2.45) is 7.05 Å². The van der Waals surface area contributed by atoms with Gasteiger partial charge in [0.05, 0.1) is 75.1 Å². The summed E-state index contributed by atoms with van der Waals surface area (Å²) in [4.78, 5) is 49.1. The van der Waals surface area contributed by atoms with Crippen LogP contribution in [0.3, 0.4) is 0 Å². The lowest BCUT2D eigenvalue weighted by Crippen LogP contribution is -2.51. The normalized spacial score (nSPS) is 15.2. The average molecular weight is 848 g/mol. The molecule has 0 bridgehead atoms. The summed E-state index contributed by atoms with van der Waals surface area (Å²) in [5.74, 6) is -1.30. The van der Waals surface area contributed by atoms with E-state index in [1.165, 1.54) is 12.1 Å². The van der Waals surface area contributed by atoms with Crippen LogP contribution in [0.1, 0.15) is 44.7 Å². The molecule has 0 saturated carbocycles. The molecule has 18 heteroatoms. The number of amides is 4. The number of carbonyl (C=O) groups excluding carboxylic acids is 4. The molecule has 1 atom stereocenters. The van der Waals surface area contributed by atoms with Gasteiger partial charge >= 0.3 is 6.18 Å². The largest absolute Gasteiger partial charge is 0.416 e. The third-order valence-corrected chi connectivity index (χ3v) is 9.87. The van der Waals surface area contributed by atoms with Crippen molar-refractivity contribution in [1.29, 1.82) is 0 Å². The molecule has 324 valence electrons. The van der Waals surface area contributed by atoms with Gasteiger partial charge in [0.1, 0.15) is 6.04 Å². The van der Waals surface area contributed by atoms with Crippen LogP contribution < -0.4 is 16.0 Å². The average Bonchev–Trinajstić information content (AvgIpc) is 3.83. The standard InChI is InChI=1S/C25H34N4O8.C18H14F3N3/c1-18-2-5-22(23(31)28-18)29-24(32)20-4-3-19(16-21(20)25(29)33)27-7-9-35-11-13-37-15-14-36-12-10-34-8-6-26-17-30;1-11-3-8-16-14(9-11)15-10-23(2)22-17(15)24(16)13-6-4-12(5-7-13)18(19,20)21/h3-4,16-17,22,27H,1-2,5-15H2,(H,26,30)(H,28,31);3-10H,1-2H3. The molecule has 4 amide bonds. The van der Waals surface area contributed by atoms with E-state index in [4.69, 9.17) is 18.9 Å². The van der Waals surface area contributed by atoms with Crippen molar-refractivity contribution in [1.82, 2.24) is 29.9 Å². The monoisotopic (exact) mass is 847 g/mol. The van der Waals surface area contributed by atoms with E-state index in [0.29, 0.717) is 108 Å². The molecule has 2 aromatic heterocycles. The molecule has 5 aromatic rings. The number of nitrogens with one attached hydrogen (secondary N) is 3. The van der Waals surface area contributed by atoms with Crippen LogP contribution in [0, 0.1) is 6.92 Å². The van der Waals surface area contributed by atoms with E-state index in [1.54, 1.807) is 22.9 Å². The van der Waals surface area contributed by atoms with Crippen LogP contribution in [0.4, 0.5) is 18.9 Å². The van der Waals surface area contributed by atoms with E-state index in [9.17, 15) is 32.3 Å². The molecular weight excluding hydrogens is 800 g/mol. The Labute approximate surface area is 349 Å². The van der Waals surface area contributed by atoms with E-state index in [1.807, 2.05) is 36.9 Å². The molecule has 1 saturated heterocycles. The summed E-state index contributed by atoms with van der Waals surface area (Å²) < 4.78 is 63.6. The topological polar surface area (TPSA) is 167 Å². The minimum absolute atomic E-state index is 0.283. The second-order valence-corrected chi connectivity index (χ2v) is 14.3. The van der Waals surface area contributed by atoms with Crippen LogP contribution in [0.15, 0.2) is 79.1 Å². The smallest absolute Gasteiger partial charge is 0.383 e. The van der Waals surface area contributed by atoms with Crippen LogP contribution in [-0.2, 0) is 41.8 Å². The number of halogens is 3. The number of carbonyl (C=O) groups is 4. The molecule has 0 spiro atoms. The molecular formula is C43H48F3N7O8. The third-order valence-electron chi connectivity index (χ3n) is 9.87. The van der Waals surface area contributed by atoms with Gasteiger partial charge in [0.2, 0.25) is 12.3 Å². The maximum Gasteiger partial charge on any atom is 0.416 e. The Balaban J connectivity index is 0.000000222. The number of benzene rings is 3. The first-order valence-electron chi connectivity index (χ1n) is 19.7. The number of hydrogen-bond donors (Lipinski definition) is 3. The highest BCUT2D eigenvalue weighted by Gasteiger charge is 2.44. The van der Waals surface area contributed by atoms with Crippen molar-refractivity contribution >= 4 is 51.8 Å². The number of aromatic nitrogens is 3. The minimum Gasteiger partial charge on any atom is -0.383 e. The fourth-order valence-corrected chi connectivity index (χ4v) is 6.95. The Morgan fingerprint density at radius 1 is 0.836 bits per heavy atom. The van der Waals surface area contributed by atoms with Crippen molar-refractivity contribution in [3.63, 3.8) is 0 Å². The van der Waals surface area contributed by atoms with Crippen LogP contribution in [0.2, 0.25) is 0 Å². The number of nitrogens with zero attached hydrogens (tertiary/aromatic N) is 4. The molecule has 3 N–H and O–H groups in total. The summed E-state index contributed by atoms with van der Waals surface area (Å²) in [6.45, 7) is 10.3. The van der Waals surface area contributed by atoms with Crippen LogP contribution in [0.25, 0.3) is 27.6 Å². The molecule has 15 nitrogen and oxygen atoms in total. The summed E-state index contributed by atoms with van der Waals surface area (Å²) >= 11 is 0. The fourth-order valence-electron chi connectivity index (χ4n) is 6.95. The van der Waals surface area contributed by atoms with Crippen LogP contribution in [0.5, 0.6) is 0 Å². The zero-order valence-electron chi connectivity index (χ0n) is 33.9. The number of hydrogen-bond acceptors (Lipinski definition) is 10. The van der Waals surface area contributed by atoms with E-state index in [-0.39, 0.29) is 11.5 Å². The van der Waals surface area contributed by atoms with Gasteiger partial charge in [-0.1, -0.05) is 18.2 Å². The molecule has 0 aliphatic carbocycles. The SMILES string of the molecule is C=C1CCC(N2C(=O)c3ccc(NCCOCCOCCOCCOCCNC=O)cc3C2=O)C(=O)N1.Cc1ccc2c(c1)c1cn(C)nc1n2-c1ccc(C(F)(F)F)cc1. The summed E-state index contributed by atoms with van der Waals surface area (Å²) in [5, 5.41) is 14.8. The number of piperidine rings is 1. The van der Waals surface area contributed by atoms with Gasteiger partial charge in [0.15, 0.2) is 5.65 Å². The summed E-state index contributed by atoms with van der Waals surface area (Å²) in [5.41, 5.74) is 4.64. The molecule has 61 heavy (non-hydrogen) atoms. The highest BCUT2D eigenvalue weighted by atomic mass is 19.4. The number of alkyl halides is 3. The number of rotatable bonds is 19. The van der Waals surface area contributed by atoms with Gasteiger partial charge in [-0.05, 0) is 74.4 Å². The van der Waals surface area contributed by atoms with Crippen molar-refractivity contribution in [2.45, 2.75) is 32.0 Å². The lowest BCUT2D eigenvalue weighted by molar-refractivity contribution is -0.137. The summed E-state index contributed by atoms with van der Waals surface area (Å²) in [7, 11) is 1.83. The highest BCUT2D eigenvalue weighted by molar-refractivity contribution is 6.23. The number of fused-ring (bicyclic) bond motifs is 4. The lowest BCUT2D eigenvalue weighted by atomic mass is 10.0. The molecule has 1 unspecified atom stereocenters. The van der Waals surface area contributed by atoms with Gasteiger partial charge in [-0.2, -0.15) is 18.3 Å².